The summed E-state index contributed by atoms with van der Waals surface area (Å²) in [7, 11) is -3.47. The van der Waals surface area contributed by atoms with E-state index >= 15 is 0 Å². The van der Waals surface area contributed by atoms with Gasteiger partial charge in [-0.1, -0.05) is 18.2 Å². The fraction of sp³-hybridized carbons (Fsp3) is 0.611. The smallest absolute Gasteiger partial charge is 0.241 e. The van der Waals surface area contributed by atoms with Crippen molar-refractivity contribution in [1.82, 2.24) is 10.6 Å². The number of amides is 1. The largest absolute Gasteiger partial charge is 0.366 e. The Labute approximate surface area is 174 Å². The number of anilines is 1. The van der Waals surface area contributed by atoms with Gasteiger partial charge in [0.15, 0.2) is 14.6 Å². The number of benzene rings is 1. The molecule has 154 valence electrons. The first-order valence-electron chi connectivity index (χ1n) is 8.88. The third-order valence-electron chi connectivity index (χ3n) is 5.55. The highest BCUT2D eigenvalue weighted by Crippen LogP contribution is 2.30. The van der Waals surface area contributed by atoms with Crippen LogP contribution in [-0.2, 0) is 21.1 Å². The second-order valence-electron chi connectivity index (χ2n) is 7.15. The molecule has 9 heteroatoms. The van der Waals surface area contributed by atoms with Crippen LogP contribution in [0.1, 0.15) is 25.3 Å². The molecule has 6 nitrogen and oxygen atoms in total. The average molecular weight is 438 g/mol. The summed E-state index contributed by atoms with van der Waals surface area (Å²) in [4.78, 5) is 15.1. The molecule has 2 aliphatic heterocycles. The molecule has 1 amide bonds. The molecule has 1 atom stereocenters. The third-order valence-corrected chi connectivity index (χ3v) is 7.56. The van der Waals surface area contributed by atoms with Gasteiger partial charge in [-0.2, -0.15) is 0 Å². The first kappa shape index (κ1) is 24.0. The van der Waals surface area contributed by atoms with Crippen LogP contribution in [0.25, 0.3) is 0 Å². The normalized spacial score (nSPS) is 19.3. The molecule has 1 fully saturated rings. The SMILES string of the molecule is CC(CNC(=O)C1(S(C)(=O)=O)CCNCC1)N1CCc2ccccc21.Cl.Cl. The maximum Gasteiger partial charge on any atom is 0.241 e. The number of carbonyl (C=O) groups excluding carboxylic acids is 1. The fourth-order valence-electron chi connectivity index (χ4n) is 3.93. The van der Waals surface area contributed by atoms with Gasteiger partial charge in [0.2, 0.25) is 5.91 Å². The molecule has 0 saturated carbocycles. The lowest BCUT2D eigenvalue weighted by Crippen LogP contribution is -2.58. The molecule has 0 spiro atoms. The quantitative estimate of drug-likeness (QED) is 0.730. The Kier molecular flexibility index (Phi) is 8.41. The summed E-state index contributed by atoms with van der Waals surface area (Å²) in [6, 6.07) is 8.42. The van der Waals surface area contributed by atoms with Crippen molar-refractivity contribution in [2.75, 3.05) is 37.3 Å². The second kappa shape index (κ2) is 9.45. The molecule has 27 heavy (non-hydrogen) atoms. The van der Waals surface area contributed by atoms with E-state index < -0.39 is 14.6 Å². The molecule has 1 aromatic rings. The van der Waals surface area contributed by atoms with Gasteiger partial charge in [-0.15, -0.1) is 24.8 Å². The number of hydrogen-bond acceptors (Lipinski definition) is 5. The topological polar surface area (TPSA) is 78.5 Å². The summed E-state index contributed by atoms with van der Waals surface area (Å²) < 4.78 is 23.3. The molecule has 0 radical (unpaired) electrons. The summed E-state index contributed by atoms with van der Waals surface area (Å²) in [6.07, 6.45) is 2.85. The number of fused-ring (bicyclic) bond motifs is 1. The molecule has 1 saturated heterocycles. The van der Waals surface area contributed by atoms with E-state index in [2.05, 4.69) is 34.6 Å². The van der Waals surface area contributed by atoms with Gasteiger partial charge in [0.05, 0.1) is 0 Å². The van der Waals surface area contributed by atoms with Crippen molar-refractivity contribution in [3.05, 3.63) is 29.8 Å². The van der Waals surface area contributed by atoms with E-state index in [-0.39, 0.29) is 36.8 Å². The maximum absolute atomic E-state index is 12.8. The summed E-state index contributed by atoms with van der Waals surface area (Å²) in [5.74, 6) is -0.351. The number of nitrogens with one attached hydrogen (secondary N) is 2. The first-order chi connectivity index (χ1) is 11.8. The van der Waals surface area contributed by atoms with Crippen molar-refractivity contribution in [2.45, 2.75) is 37.0 Å². The molecule has 3 rings (SSSR count). The zero-order valence-corrected chi connectivity index (χ0v) is 18.2. The van der Waals surface area contributed by atoms with Gasteiger partial charge in [-0.05, 0) is 50.9 Å². The number of carbonyl (C=O) groups is 1. The predicted molar refractivity (Wildman–Crippen MR) is 114 cm³/mol. The molecular formula is C18H29Cl2N3O3S. The van der Waals surface area contributed by atoms with Crippen molar-refractivity contribution >= 4 is 46.2 Å². The molecule has 0 aliphatic carbocycles. The van der Waals surface area contributed by atoms with E-state index in [1.165, 1.54) is 17.5 Å². The van der Waals surface area contributed by atoms with Gasteiger partial charge in [-0.25, -0.2) is 8.42 Å². The van der Waals surface area contributed by atoms with Crippen molar-refractivity contribution in [1.29, 1.82) is 0 Å². The highest BCUT2D eigenvalue weighted by molar-refractivity contribution is 7.92. The summed E-state index contributed by atoms with van der Waals surface area (Å²) >= 11 is 0. The van der Waals surface area contributed by atoms with E-state index in [0.29, 0.717) is 32.5 Å². The average Bonchev–Trinajstić information content (AvgIpc) is 3.03. The van der Waals surface area contributed by atoms with Gasteiger partial charge in [0.1, 0.15) is 0 Å². The van der Waals surface area contributed by atoms with E-state index in [0.717, 1.165) is 13.0 Å². The van der Waals surface area contributed by atoms with Crippen molar-refractivity contribution in [3.63, 3.8) is 0 Å². The Morgan fingerprint density at radius 1 is 1.26 bits per heavy atom. The number of piperidine rings is 1. The zero-order chi connectivity index (χ0) is 18.1. The van der Waals surface area contributed by atoms with Crippen LogP contribution in [0, 0.1) is 0 Å². The number of nitrogens with zero attached hydrogens (tertiary/aromatic N) is 1. The van der Waals surface area contributed by atoms with Crippen LogP contribution in [-0.4, -0.2) is 57.5 Å². The van der Waals surface area contributed by atoms with Crippen LogP contribution < -0.4 is 15.5 Å². The standard InChI is InChI=1S/C18H27N3O3S.2ClH/c1-14(21-12-7-15-5-3-4-6-16(15)21)13-20-17(22)18(25(2,23)24)8-10-19-11-9-18;;/h3-6,14,19H,7-13H2,1-2H3,(H,20,22);2*1H. The minimum atomic E-state index is -3.47. The number of hydrogen-bond donors (Lipinski definition) is 2. The monoisotopic (exact) mass is 437 g/mol. The second-order valence-corrected chi connectivity index (χ2v) is 9.47. The predicted octanol–water partition coefficient (Wildman–Crippen LogP) is 1.56. The van der Waals surface area contributed by atoms with Crippen LogP contribution in [0.2, 0.25) is 0 Å². The number of para-hydroxylation sites is 1. The van der Waals surface area contributed by atoms with Crippen LogP contribution in [0.3, 0.4) is 0 Å². The van der Waals surface area contributed by atoms with Crippen molar-refractivity contribution in [2.24, 2.45) is 0 Å². The Hall–Kier alpha value is -1.02. The Morgan fingerprint density at radius 3 is 2.52 bits per heavy atom. The van der Waals surface area contributed by atoms with Crippen LogP contribution in [0.5, 0.6) is 0 Å². The zero-order valence-electron chi connectivity index (χ0n) is 15.7. The van der Waals surface area contributed by atoms with Crippen molar-refractivity contribution in [3.8, 4) is 0 Å². The van der Waals surface area contributed by atoms with E-state index in [9.17, 15) is 13.2 Å². The van der Waals surface area contributed by atoms with Crippen LogP contribution in [0.4, 0.5) is 5.69 Å². The Morgan fingerprint density at radius 2 is 1.89 bits per heavy atom. The van der Waals surface area contributed by atoms with Crippen molar-refractivity contribution < 1.29 is 13.2 Å². The molecule has 1 unspecified atom stereocenters. The summed E-state index contributed by atoms with van der Waals surface area (Å²) in [6.45, 7) is 4.54. The van der Waals surface area contributed by atoms with Gasteiger partial charge >= 0.3 is 0 Å². The summed E-state index contributed by atoms with van der Waals surface area (Å²) in [5.41, 5.74) is 2.54. The van der Waals surface area contributed by atoms with Crippen LogP contribution >= 0.6 is 24.8 Å². The molecule has 2 heterocycles. The molecule has 1 aromatic carbocycles. The van der Waals surface area contributed by atoms with Gasteiger partial charge < -0.3 is 15.5 Å². The van der Waals surface area contributed by atoms with E-state index in [1.54, 1.807) is 0 Å². The Balaban J connectivity index is 0.00000182. The highest BCUT2D eigenvalue weighted by Gasteiger charge is 2.48. The third kappa shape index (κ3) is 4.70. The number of sulfone groups is 1. The van der Waals surface area contributed by atoms with Crippen LogP contribution in [0.15, 0.2) is 24.3 Å². The van der Waals surface area contributed by atoms with Gasteiger partial charge in [0.25, 0.3) is 0 Å². The van der Waals surface area contributed by atoms with Gasteiger partial charge in [-0.3, -0.25) is 4.79 Å². The molecular weight excluding hydrogens is 409 g/mol. The lowest BCUT2D eigenvalue weighted by molar-refractivity contribution is -0.124. The minimum Gasteiger partial charge on any atom is -0.366 e. The molecule has 0 aromatic heterocycles. The lowest BCUT2D eigenvalue weighted by atomic mass is 9.95. The minimum absolute atomic E-state index is 0. The fourth-order valence-corrected chi connectivity index (χ4v) is 5.28. The summed E-state index contributed by atoms with van der Waals surface area (Å²) in [5, 5.41) is 6.05. The van der Waals surface area contributed by atoms with E-state index in [1.807, 2.05) is 12.1 Å². The highest BCUT2D eigenvalue weighted by atomic mass is 35.5. The maximum atomic E-state index is 12.8. The molecule has 2 N–H and O–H groups in total. The Bertz CT molecular complexity index is 752. The molecule has 0 bridgehead atoms. The lowest BCUT2D eigenvalue weighted by Gasteiger charge is -2.35. The van der Waals surface area contributed by atoms with Gasteiger partial charge in [0, 0.05) is 31.1 Å². The van der Waals surface area contributed by atoms with E-state index in [4.69, 9.17) is 0 Å². The molecule has 2 aliphatic rings. The number of rotatable bonds is 5. The number of halogens is 2. The first-order valence-corrected chi connectivity index (χ1v) is 10.8.